The van der Waals surface area contributed by atoms with Crippen LogP contribution in [0.1, 0.15) is 0 Å². The molecule has 0 aliphatic heterocycles. The first-order valence-corrected chi connectivity index (χ1v) is 7.04. The molecule has 1 heterocycles. The predicted octanol–water partition coefficient (Wildman–Crippen LogP) is 3.51. The molecule has 0 spiro atoms. The lowest BCUT2D eigenvalue weighted by atomic mass is 10.4. The van der Waals surface area contributed by atoms with Crippen molar-refractivity contribution < 1.29 is 4.79 Å². The number of hydrogen-bond acceptors (Lipinski definition) is 4. The van der Waals surface area contributed by atoms with Crippen LogP contribution >= 0.6 is 35.0 Å². The molecule has 0 saturated carbocycles. The van der Waals surface area contributed by atoms with Crippen LogP contribution in [-0.4, -0.2) is 21.6 Å². The zero-order valence-electron chi connectivity index (χ0n) is 9.64. The summed E-state index contributed by atoms with van der Waals surface area (Å²) in [7, 11) is 0. The van der Waals surface area contributed by atoms with Gasteiger partial charge in [0.1, 0.15) is 0 Å². The fourth-order valence-electron chi connectivity index (χ4n) is 1.28. The van der Waals surface area contributed by atoms with Crippen LogP contribution in [-0.2, 0) is 4.79 Å². The summed E-state index contributed by atoms with van der Waals surface area (Å²) in [6, 6.07) is 6.89. The molecule has 98 valence electrons. The second-order valence-electron chi connectivity index (χ2n) is 3.46. The minimum atomic E-state index is -0.216. The minimum absolute atomic E-state index is 0.182. The molecular weight excluding hydrogens is 305 g/mol. The third kappa shape index (κ3) is 4.09. The number of nitrogens with one attached hydrogen (secondary N) is 1. The molecule has 0 bridgehead atoms. The first kappa shape index (κ1) is 14.1. The van der Waals surface area contributed by atoms with E-state index < -0.39 is 0 Å². The van der Waals surface area contributed by atoms with Gasteiger partial charge in [-0.1, -0.05) is 29.3 Å². The Labute approximate surface area is 124 Å². The van der Waals surface area contributed by atoms with Crippen LogP contribution < -0.4 is 5.32 Å². The molecule has 1 amide bonds. The number of nitrogens with zero attached hydrogens (tertiary/aromatic N) is 2. The second kappa shape index (κ2) is 6.75. The van der Waals surface area contributed by atoms with Gasteiger partial charge in [-0.3, -0.25) is 10.1 Å². The molecule has 0 fully saturated rings. The third-order valence-electron chi connectivity index (χ3n) is 2.08. The van der Waals surface area contributed by atoms with Crippen molar-refractivity contribution in [2.75, 3.05) is 11.1 Å². The maximum atomic E-state index is 11.7. The number of hydrogen-bond donors (Lipinski definition) is 1. The van der Waals surface area contributed by atoms with Gasteiger partial charge in [0, 0.05) is 17.3 Å². The molecule has 2 rings (SSSR count). The van der Waals surface area contributed by atoms with E-state index in [0.717, 1.165) is 0 Å². The van der Waals surface area contributed by atoms with Gasteiger partial charge in [0.15, 0.2) is 0 Å². The molecule has 7 heteroatoms. The zero-order chi connectivity index (χ0) is 13.7. The molecule has 1 aromatic carbocycles. The van der Waals surface area contributed by atoms with Crippen molar-refractivity contribution in [3.63, 3.8) is 0 Å². The molecule has 0 aliphatic carbocycles. The van der Waals surface area contributed by atoms with E-state index in [0.29, 0.717) is 14.9 Å². The van der Waals surface area contributed by atoms with Gasteiger partial charge in [0.05, 0.1) is 15.8 Å². The first-order valence-electron chi connectivity index (χ1n) is 5.30. The summed E-state index contributed by atoms with van der Waals surface area (Å²) >= 11 is 13.3. The molecule has 1 N–H and O–H groups in total. The third-order valence-corrected chi connectivity index (χ3v) is 4.07. The van der Waals surface area contributed by atoms with Gasteiger partial charge in [-0.2, -0.15) is 0 Å². The lowest BCUT2D eigenvalue weighted by molar-refractivity contribution is -0.113. The van der Waals surface area contributed by atoms with Gasteiger partial charge < -0.3 is 0 Å². The summed E-state index contributed by atoms with van der Waals surface area (Å²) in [4.78, 5) is 20.2. The SMILES string of the molecule is O=C(CSc1c(Cl)cccc1Cl)Nc1ncccn1. The molecule has 0 unspecified atom stereocenters. The number of benzene rings is 1. The number of anilines is 1. The minimum Gasteiger partial charge on any atom is -0.294 e. The molecular formula is C12H9Cl2N3OS. The highest BCUT2D eigenvalue weighted by atomic mass is 35.5. The van der Waals surface area contributed by atoms with Crippen LogP contribution in [0, 0.1) is 0 Å². The average molecular weight is 314 g/mol. The van der Waals surface area contributed by atoms with E-state index in [9.17, 15) is 4.79 Å². The van der Waals surface area contributed by atoms with Gasteiger partial charge in [-0.25, -0.2) is 9.97 Å². The van der Waals surface area contributed by atoms with Gasteiger partial charge in [0.2, 0.25) is 11.9 Å². The summed E-state index contributed by atoms with van der Waals surface area (Å²) in [6.07, 6.45) is 3.11. The lowest BCUT2D eigenvalue weighted by Crippen LogP contribution is -2.15. The number of rotatable bonds is 4. The largest absolute Gasteiger partial charge is 0.294 e. The van der Waals surface area contributed by atoms with Crippen LogP contribution in [0.15, 0.2) is 41.6 Å². The van der Waals surface area contributed by atoms with E-state index in [1.165, 1.54) is 11.8 Å². The molecule has 0 radical (unpaired) electrons. The molecule has 0 atom stereocenters. The van der Waals surface area contributed by atoms with Crippen molar-refractivity contribution in [3.8, 4) is 0 Å². The number of thioether (sulfide) groups is 1. The Balaban J connectivity index is 1.94. The van der Waals surface area contributed by atoms with Gasteiger partial charge in [-0.05, 0) is 18.2 Å². The fourth-order valence-corrected chi connectivity index (χ4v) is 2.77. The summed E-state index contributed by atoms with van der Waals surface area (Å²) in [5.41, 5.74) is 0. The number of carbonyl (C=O) groups excluding carboxylic acids is 1. The summed E-state index contributed by atoms with van der Waals surface area (Å²) < 4.78 is 0. The maximum Gasteiger partial charge on any atom is 0.237 e. The van der Waals surface area contributed by atoms with Crippen molar-refractivity contribution in [1.29, 1.82) is 0 Å². The molecule has 0 saturated heterocycles. The number of halogens is 2. The Morgan fingerprint density at radius 2 is 1.79 bits per heavy atom. The van der Waals surface area contributed by atoms with Crippen LogP contribution in [0.4, 0.5) is 5.95 Å². The smallest absolute Gasteiger partial charge is 0.237 e. The monoisotopic (exact) mass is 313 g/mol. The van der Waals surface area contributed by atoms with E-state index in [4.69, 9.17) is 23.2 Å². The highest BCUT2D eigenvalue weighted by Crippen LogP contribution is 2.33. The molecule has 0 aliphatic rings. The highest BCUT2D eigenvalue weighted by molar-refractivity contribution is 8.00. The maximum absolute atomic E-state index is 11.7. The Bertz CT molecular complexity index is 560. The van der Waals surface area contributed by atoms with Crippen molar-refractivity contribution in [2.45, 2.75) is 4.90 Å². The predicted molar refractivity (Wildman–Crippen MR) is 77.8 cm³/mol. The van der Waals surface area contributed by atoms with Crippen LogP contribution in [0.25, 0.3) is 0 Å². The summed E-state index contributed by atoms with van der Waals surface area (Å²) in [5.74, 6) is 0.243. The topological polar surface area (TPSA) is 54.9 Å². The zero-order valence-corrected chi connectivity index (χ0v) is 12.0. The Morgan fingerprint density at radius 1 is 1.16 bits per heavy atom. The number of carbonyl (C=O) groups is 1. The number of amides is 1. The van der Waals surface area contributed by atoms with Crippen molar-refractivity contribution in [1.82, 2.24) is 9.97 Å². The van der Waals surface area contributed by atoms with Gasteiger partial charge in [0.25, 0.3) is 0 Å². The van der Waals surface area contributed by atoms with Crippen LogP contribution in [0.3, 0.4) is 0 Å². The Hall–Kier alpha value is -1.30. The Kier molecular flexibility index (Phi) is 5.01. The van der Waals surface area contributed by atoms with E-state index in [2.05, 4.69) is 15.3 Å². The highest BCUT2D eigenvalue weighted by Gasteiger charge is 2.10. The average Bonchev–Trinajstić information content (AvgIpc) is 2.39. The molecule has 2 aromatic rings. The van der Waals surface area contributed by atoms with E-state index in [1.807, 2.05) is 0 Å². The van der Waals surface area contributed by atoms with Gasteiger partial charge >= 0.3 is 0 Å². The van der Waals surface area contributed by atoms with Crippen molar-refractivity contribution in [2.24, 2.45) is 0 Å². The first-order chi connectivity index (χ1) is 9.16. The van der Waals surface area contributed by atoms with Crippen LogP contribution in [0.5, 0.6) is 0 Å². The summed E-state index contributed by atoms with van der Waals surface area (Å²) in [5, 5.41) is 3.64. The number of aromatic nitrogens is 2. The summed E-state index contributed by atoms with van der Waals surface area (Å²) in [6.45, 7) is 0. The van der Waals surface area contributed by atoms with Gasteiger partial charge in [-0.15, -0.1) is 11.8 Å². The van der Waals surface area contributed by atoms with Crippen molar-refractivity contribution in [3.05, 3.63) is 46.7 Å². The van der Waals surface area contributed by atoms with Crippen molar-refractivity contribution >= 4 is 46.8 Å². The molecule has 19 heavy (non-hydrogen) atoms. The van der Waals surface area contributed by atoms with E-state index >= 15 is 0 Å². The Morgan fingerprint density at radius 3 is 2.42 bits per heavy atom. The normalized spacial score (nSPS) is 10.2. The quantitative estimate of drug-likeness (QED) is 0.877. The molecule has 4 nitrogen and oxygen atoms in total. The second-order valence-corrected chi connectivity index (χ2v) is 5.26. The standard InChI is InChI=1S/C12H9Cl2N3OS/c13-8-3-1-4-9(14)11(8)19-7-10(18)17-12-15-5-2-6-16-12/h1-6H,7H2,(H,15,16,17,18). The lowest BCUT2D eigenvalue weighted by Gasteiger charge is -2.06. The molecule has 1 aromatic heterocycles. The van der Waals surface area contributed by atoms with E-state index in [-0.39, 0.29) is 17.6 Å². The van der Waals surface area contributed by atoms with E-state index in [1.54, 1.807) is 36.7 Å². The fraction of sp³-hybridized carbons (Fsp3) is 0.0833. The van der Waals surface area contributed by atoms with Crippen LogP contribution in [0.2, 0.25) is 10.0 Å².